The Bertz CT molecular complexity index is 329. The smallest absolute Gasteiger partial charge is 0.360 e. The fraction of sp³-hybridized carbons (Fsp3) is 0.556. The van der Waals surface area contributed by atoms with Crippen molar-refractivity contribution >= 4 is 5.97 Å². The van der Waals surface area contributed by atoms with Crippen LogP contribution in [0.3, 0.4) is 0 Å². The molecule has 1 aliphatic heterocycles. The molecule has 1 unspecified atom stereocenters. The molecule has 0 spiro atoms. The maximum atomic E-state index is 11.1. The van der Waals surface area contributed by atoms with Crippen LogP contribution in [0, 0.1) is 0 Å². The second kappa shape index (κ2) is 3.79. The van der Waals surface area contributed by atoms with E-state index in [1.54, 1.807) is 6.07 Å². The zero-order valence-electron chi connectivity index (χ0n) is 7.95. The van der Waals surface area contributed by atoms with Gasteiger partial charge in [0.2, 0.25) is 0 Å². The van der Waals surface area contributed by atoms with E-state index in [9.17, 15) is 4.79 Å². The molecule has 2 rings (SSSR count). The molecule has 0 aromatic carbocycles. The topological polar surface area (TPSA) is 64.4 Å². The van der Waals surface area contributed by atoms with Crippen LogP contribution >= 0.6 is 0 Å². The Morgan fingerprint density at radius 1 is 1.79 bits per heavy atom. The predicted molar refractivity (Wildman–Crippen MR) is 47.8 cm³/mol. The van der Waals surface area contributed by atoms with Gasteiger partial charge in [-0.1, -0.05) is 5.16 Å². The molecule has 5 nitrogen and oxygen atoms in total. The van der Waals surface area contributed by atoms with Crippen molar-refractivity contribution in [3.05, 3.63) is 17.5 Å². The summed E-state index contributed by atoms with van der Waals surface area (Å²) < 4.78 is 9.59. The van der Waals surface area contributed by atoms with Gasteiger partial charge in [0.15, 0.2) is 11.5 Å². The van der Waals surface area contributed by atoms with Crippen molar-refractivity contribution in [3.8, 4) is 0 Å². The van der Waals surface area contributed by atoms with E-state index in [-0.39, 0.29) is 11.7 Å². The van der Waals surface area contributed by atoms with Gasteiger partial charge in [-0.05, 0) is 19.4 Å². The highest BCUT2D eigenvalue weighted by molar-refractivity contribution is 5.86. The maximum Gasteiger partial charge on any atom is 0.360 e. The lowest BCUT2D eigenvalue weighted by atomic mass is 10.2. The Balaban J connectivity index is 2.12. The Morgan fingerprint density at radius 2 is 2.64 bits per heavy atom. The highest BCUT2D eigenvalue weighted by Crippen LogP contribution is 2.23. The molecular weight excluding hydrogens is 184 g/mol. The largest absolute Gasteiger partial charge is 0.464 e. The highest BCUT2D eigenvalue weighted by atomic mass is 16.5. The van der Waals surface area contributed by atoms with Gasteiger partial charge in [0, 0.05) is 6.07 Å². The van der Waals surface area contributed by atoms with Crippen LogP contribution in [0.2, 0.25) is 0 Å². The van der Waals surface area contributed by atoms with Crippen LogP contribution in [0.15, 0.2) is 10.6 Å². The van der Waals surface area contributed by atoms with Gasteiger partial charge in [-0.3, -0.25) is 0 Å². The molecule has 0 bridgehead atoms. The first kappa shape index (κ1) is 9.21. The number of nitrogens with one attached hydrogen (secondary N) is 1. The summed E-state index contributed by atoms with van der Waals surface area (Å²) in [7, 11) is 1.32. The van der Waals surface area contributed by atoms with E-state index in [2.05, 4.69) is 15.2 Å². The molecule has 1 saturated heterocycles. The van der Waals surface area contributed by atoms with Crippen molar-refractivity contribution in [1.29, 1.82) is 0 Å². The average molecular weight is 196 g/mol. The van der Waals surface area contributed by atoms with Crippen LogP contribution in [-0.2, 0) is 4.74 Å². The number of methoxy groups -OCH3 is 1. The summed E-state index contributed by atoms with van der Waals surface area (Å²) in [5, 5.41) is 6.90. The van der Waals surface area contributed by atoms with Crippen LogP contribution < -0.4 is 5.32 Å². The minimum absolute atomic E-state index is 0.195. The lowest BCUT2D eigenvalue weighted by Crippen LogP contribution is -2.11. The van der Waals surface area contributed by atoms with Gasteiger partial charge in [-0.25, -0.2) is 4.79 Å². The van der Waals surface area contributed by atoms with Crippen molar-refractivity contribution in [2.75, 3.05) is 13.7 Å². The van der Waals surface area contributed by atoms with Crippen LogP contribution in [0.1, 0.15) is 35.1 Å². The molecule has 1 aromatic rings. The van der Waals surface area contributed by atoms with E-state index in [4.69, 9.17) is 4.52 Å². The number of hydrogen-bond donors (Lipinski definition) is 1. The fourth-order valence-electron chi connectivity index (χ4n) is 1.58. The van der Waals surface area contributed by atoms with Crippen LogP contribution in [-0.4, -0.2) is 24.8 Å². The SMILES string of the molecule is COC(=O)c1cc(C2CCCN2)on1. The quantitative estimate of drug-likeness (QED) is 0.711. The third-order valence-electron chi connectivity index (χ3n) is 2.33. The number of nitrogens with zero attached hydrogens (tertiary/aromatic N) is 1. The zero-order valence-corrected chi connectivity index (χ0v) is 7.95. The lowest BCUT2D eigenvalue weighted by molar-refractivity contribution is 0.0589. The number of hydrogen-bond acceptors (Lipinski definition) is 5. The number of ether oxygens (including phenoxy) is 1. The summed E-state index contributed by atoms with van der Waals surface area (Å²) in [5.74, 6) is 0.251. The van der Waals surface area contributed by atoms with Crippen molar-refractivity contribution in [1.82, 2.24) is 10.5 Å². The van der Waals surface area contributed by atoms with Gasteiger partial charge in [-0.2, -0.15) is 0 Å². The standard InChI is InChI=1S/C9H12N2O3/c1-13-9(12)7-5-8(14-11-7)6-3-2-4-10-6/h5-6,10H,2-4H2,1H3. The molecule has 1 aliphatic rings. The molecule has 1 fully saturated rings. The van der Waals surface area contributed by atoms with Crippen molar-refractivity contribution in [2.45, 2.75) is 18.9 Å². The third-order valence-corrected chi connectivity index (χ3v) is 2.33. The van der Waals surface area contributed by atoms with Crippen LogP contribution in [0.25, 0.3) is 0 Å². The van der Waals surface area contributed by atoms with Gasteiger partial charge in [0.05, 0.1) is 13.2 Å². The molecule has 1 N–H and O–H groups in total. The molecule has 2 heterocycles. The van der Waals surface area contributed by atoms with Gasteiger partial charge < -0.3 is 14.6 Å². The first-order valence-electron chi connectivity index (χ1n) is 4.59. The van der Waals surface area contributed by atoms with E-state index < -0.39 is 5.97 Å². The zero-order chi connectivity index (χ0) is 9.97. The first-order chi connectivity index (χ1) is 6.81. The Morgan fingerprint density at radius 3 is 3.29 bits per heavy atom. The third kappa shape index (κ3) is 1.63. The molecule has 14 heavy (non-hydrogen) atoms. The van der Waals surface area contributed by atoms with Gasteiger partial charge in [0.25, 0.3) is 0 Å². The minimum atomic E-state index is -0.460. The molecule has 5 heteroatoms. The molecule has 0 radical (unpaired) electrons. The van der Waals surface area contributed by atoms with Gasteiger partial charge in [-0.15, -0.1) is 0 Å². The van der Waals surface area contributed by atoms with E-state index in [1.807, 2.05) is 0 Å². The monoisotopic (exact) mass is 196 g/mol. The fourth-order valence-corrected chi connectivity index (χ4v) is 1.58. The average Bonchev–Trinajstić information content (AvgIpc) is 2.86. The first-order valence-corrected chi connectivity index (χ1v) is 4.59. The summed E-state index contributed by atoms with van der Waals surface area (Å²) in [6, 6.07) is 1.83. The van der Waals surface area contributed by atoms with E-state index in [0.717, 1.165) is 19.4 Å². The number of aromatic nitrogens is 1. The van der Waals surface area contributed by atoms with Crippen molar-refractivity contribution in [3.63, 3.8) is 0 Å². The second-order valence-electron chi connectivity index (χ2n) is 3.26. The predicted octanol–water partition coefficient (Wildman–Crippen LogP) is 0.886. The number of carbonyl (C=O) groups excluding carboxylic acids is 1. The van der Waals surface area contributed by atoms with Crippen molar-refractivity contribution < 1.29 is 14.1 Å². The van der Waals surface area contributed by atoms with E-state index in [1.165, 1.54) is 7.11 Å². The van der Waals surface area contributed by atoms with E-state index in [0.29, 0.717) is 5.76 Å². The Kier molecular flexibility index (Phi) is 2.49. The summed E-state index contributed by atoms with van der Waals surface area (Å²) in [5.41, 5.74) is 0.233. The summed E-state index contributed by atoms with van der Waals surface area (Å²) in [4.78, 5) is 11.1. The normalized spacial score (nSPS) is 21.1. The molecule has 0 aliphatic carbocycles. The van der Waals surface area contributed by atoms with Gasteiger partial charge >= 0.3 is 5.97 Å². The summed E-state index contributed by atoms with van der Waals surface area (Å²) in [6.07, 6.45) is 2.15. The molecule has 0 saturated carbocycles. The molecule has 76 valence electrons. The minimum Gasteiger partial charge on any atom is -0.464 e. The molecule has 1 aromatic heterocycles. The van der Waals surface area contributed by atoms with Crippen LogP contribution in [0.5, 0.6) is 0 Å². The molecule has 0 amide bonds. The second-order valence-corrected chi connectivity index (χ2v) is 3.26. The molecular formula is C9H12N2O3. The summed E-state index contributed by atoms with van der Waals surface area (Å²) in [6.45, 7) is 0.985. The van der Waals surface area contributed by atoms with Crippen molar-refractivity contribution in [2.24, 2.45) is 0 Å². The number of esters is 1. The van der Waals surface area contributed by atoms with Gasteiger partial charge in [0.1, 0.15) is 0 Å². The Labute approximate surface area is 81.4 Å². The highest BCUT2D eigenvalue weighted by Gasteiger charge is 2.22. The summed E-state index contributed by atoms with van der Waals surface area (Å²) >= 11 is 0. The molecule has 1 atom stereocenters. The number of rotatable bonds is 2. The maximum absolute atomic E-state index is 11.1. The lowest BCUT2D eigenvalue weighted by Gasteiger charge is -2.02. The van der Waals surface area contributed by atoms with E-state index >= 15 is 0 Å². The number of carbonyl (C=O) groups is 1. The Hall–Kier alpha value is -1.36. The van der Waals surface area contributed by atoms with Crippen LogP contribution in [0.4, 0.5) is 0 Å².